The molecule has 0 saturated carbocycles. The molecule has 1 heterocycles. The summed E-state index contributed by atoms with van der Waals surface area (Å²) in [7, 11) is -2.09. The molecule has 0 N–H and O–H groups in total. The lowest BCUT2D eigenvalue weighted by Gasteiger charge is -2.21. The summed E-state index contributed by atoms with van der Waals surface area (Å²) in [6.45, 7) is 1.85. The monoisotopic (exact) mass is 132 g/mol. The molecule has 0 unspecified atom stereocenters. The van der Waals surface area contributed by atoms with Crippen LogP contribution in [0, 0.1) is 0 Å². The Kier molecular flexibility index (Phi) is 1.70. The summed E-state index contributed by atoms with van der Waals surface area (Å²) in [4.78, 5) is 0. The van der Waals surface area contributed by atoms with Gasteiger partial charge in [-0.15, -0.1) is 0 Å². The maximum atomic E-state index is 13.0. The smallest absolute Gasteiger partial charge is 0.244 e. The first-order chi connectivity index (χ1) is 3.71. The third kappa shape index (κ3) is 1.58. The fourth-order valence-electron chi connectivity index (χ4n) is 1.29. The minimum atomic E-state index is -2.09. The molecular formula is C6H13FSi. The first kappa shape index (κ1) is 6.27. The molecule has 1 fully saturated rings. The van der Waals surface area contributed by atoms with Crippen LogP contribution in [0.3, 0.4) is 0 Å². The summed E-state index contributed by atoms with van der Waals surface area (Å²) >= 11 is 0. The molecule has 1 rings (SSSR count). The maximum Gasteiger partial charge on any atom is 0.244 e. The Morgan fingerprint density at radius 2 is 1.62 bits per heavy atom. The van der Waals surface area contributed by atoms with Gasteiger partial charge in [-0.1, -0.05) is 19.3 Å². The van der Waals surface area contributed by atoms with Gasteiger partial charge in [0.05, 0.1) is 0 Å². The van der Waals surface area contributed by atoms with Crippen molar-refractivity contribution in [3.8, 4) is 0 Å². The van der Waals surface area contributed by atoms with E-state index in [1.807, 2.05) is 6.55 Å². The zero-order valence-corrected chi connectivity index (χ0v) is 6.41. The average Bonchev–Trinajstić information content (AvgIpc) is 1.65. The fraction of sp³-hybridized carbons (Fsp3) is 1.00. The molecule has 1 aliphatic rings. The van der Waals surface area contributed by atoms with Crippen LogP contribution in [0.4, 0.5) is 4.11 Å². The summed E-state index contributed by atoms with van der Waals surface area (Å²) in [5.74, 6) is 0. The first-order valence-electron chi connectivity index (χ1n) is 3.40. The van der Waals surface area contributed by atoms with Gasteiger partial charge in [0.1, 0.15) is 0 Å². The van der Waals surface area contributed by atoms with Crippen molar-refractivity contribution < 1.29 is 4.11 Å². The molecule has 0 atom stereocenters. The van der Waals surface area contributed by atoms with E-state index in [9.17, 15) is 4.11 Å². The van der Waals surface area contributed by atoms with Crippen LogP contribution in [-0.4, -0.2) is 8.41 Å². The number of hydrogen-bond donors (Lipinski definition) is 0. The van der Waals surface area contributed by atoms with Gasteiger partial charge in [-0.05, 0) is 18.6 Å². The van der Waals surface area contributed by atoms with Crippen LogP contribution in [0.1, 0.15) is 19.3 Å². The quantitative estimate of drug-likeness (QED) is 0.351. The lowest BCUT2D eigenvalue weighted by atomic mass is 10.3. The van der Waals surface area contributed by atoms with Crippen molar-refractivity contribution in [3.05, 3.63) is 0 Å². The Morgan fingerprint density at radius 1 is 1.12 bits per heavy atom. The van der Waals surface area contributed by atoms with E-state index in [4.69, 9.17) is 0 Å². The zero-order chi connectivity index (χ0) is 6.04. The van der Waals surface area contributed by atoms with Crippen molar-refractivity contribution in [2.24, 2.45) is 0 Å². The van der Waals surface area contributed by atoms with Crippen LogP contribution in [-0.2, 0) is 0 Å². The predicted molar refractivity (Wildman–Crippen MR) is 36.2 cm³/mol. The Morgan fingerprint density at radius 3 is 1.88 bits per heavy atom. The van der Waals surface area contributed by atoms with Gasteiger partial charge in [0.15, 0.2) is 0 Å². The highest BCUT2D eigenvalue weighted by atomic mass is 28.4. The Hall–Kier alpha value is 0.147. The van der Waals surface area contributed by atoms with Crippen molar-refractivity contribution in [2.75, 3.05) is 0 Å². The van der Waals surface area contributed by atoms with Crippen molar-refractivity contribution in [2.45, 2.75) is 37.9 Å². The molecule has 0 aliphatic carbocycles. The van der Waals surface area contributed by atoms with Gasteiger partial charge in [-0.25, -0.2) is 0 Å². The molecule has 48 valence electrons. The van der Waals surface area contributed by atoms with Crippen LogP contribution in [0.15, 0.2) is 0 Å². The molecule has 0 nitrogen and oxygen atoms in total. The third-order valence-corrected chi connectivity index (χ3v) is 4.69. The minimum Gasteiger partial charge on any atom is -0.314 e. The molecule has 0 radical (unpaired) electrons. The number of rotatable bonds is 0. The molecule has 0 amide bonds. The second-order valence-electron chi connectivity index (χ2n) is 2.97. The second kappa shape index (κ2) is 2.17. The second-order valence-corrected chi connectivity index (χ2v) is 6.80. The zero-order valence-electron chi connectivity index (χ0n) is 5.41. The third-order valence-electron chi connectivity index (χ3n) is 1.90. The predicted octanol–water partition coefficient (Wildman–Crippen LogP) is 2.72. The topological polar surface area (TPSA) is 0 Å². The molecule has 1 aliphatic heterocycles. The van der Waals surface area contributed by atoms with Gasteiger partial charge < -0.3 is 4.11 Å². The lowest BCUT2D eigenvalue weighted by molar-refractivity contribution is 0.638. The molecule has 2 heteroatoms. The molecule has 0 bridgehead atoms. The summed E-state index contributed by atoms with van der Waals surface area (Å²) in [6, 6.07) is 1.85. The van der Waals surface area contributed by atoms with Crippen molar-refractivity contribution in [3.63, 3.8) is 0 Å². The molecule has 0 aromatic heterocycles. The Labute approximate surface area is 51.3 Å². The maximum absolute atomic E-state index is 13.0. The normalized spacial score (nSPS) is 27.8. The van der Waals surface area contributed by atoms with E-state index in [1.165, 1.54) is 6.42 Å². The van der Waals surface area contributed by atoms with Gasteiger partial charge >= 0.3 is 0 Å². The Balaban J connectivity index is 2.33. The van der Waals surface area contributed by atoms with E-state index in [-0.39, 0.29) is 0 Å². The molecule has 0 aromatic rings. The van der Waals surface area contributed by atoms with E-state index in [0.717, 1.165) is 24.9 Å². The van der Waals surface area contributed by atoms with Crippen LogP contribution < -0.4 is 0 Å². The van der Waals surface area contributed by atoms with Gasteiger partial charge in [-0.2, -0.15) is 0 Å². The van der Waals surface area contributed by atoms with Crippen molar-refractivity contribution in [1.82, 2.24) is 0 Å². The Bertz CT molecular complexity index is 72.6. The molecule has 0 spiro atoms. The minimum absolute atomic E-state index is 0.924. The number of halogens is 1. The van der Waals surface area contributed by atoms with Crippen molar-refractivity contribution in [1.29, 1.82) is 0 Å². The van der Waals surface area contributed by atoms with E-state index in [0.29, 0.717) is 0 Å². The molecule has 1 saturated heterocycles. The summed E-state index contributed by atoms with van der Waals surface area (Å²) in [6.07, 6.45) is 3.57. The highest BCUT2D eigenvalue weighted by Crippen LogP contribution is 2.28. The van der Waals surface area contributed by atoms with E-state index in [2.05, 4.69) is 0 Å². The fourth-order valence-corrected chi connectivity index (χ4v) is 3.51. The molecular weight excluding hydrogens is 119 g/mol. The lowest BCUT2D eigenvalue weighted by Crippen LogP contribution is -2.25. The van der Waals surface area contributed by atoms with Crippen molar-refractivity contribution >= 4 is 8.41 Å². The average molecular weight is 132 g/mol. The first-order valence-corrected chi connectivity index (χ1v) is 6.19. The molecule has 0 aromatic carbocycles. The van der Waals surface area contributed by atoms with E-state index < -0.39 is 8.41 Å². The summed E-state index contributed by atoms with van der Waals surface area (Å²) in [5.41, 5.74) is 0. The SMILES string of the molecule is C[Si]1(F)CCCCC1. The summed E-state index contributed by atoms with van der Waals surface area (Å²) in [5, 5.41) is 0. The van der Waals surface area contributed by atoms with Crippen LogP contribution in [0.5, 0.6) is 0 Å². The highest BCUT2D eigenvalue weighted by Gasteiger charge is 2.29. The standard InChI is InChI=1S/C6H13FSi/c1-8(7)5-3-2-4-6-8/h2-6H2,1H3. The van der Waals surface area contributed by atoms with E-state index >= 15 is 0 Å². The van der Waals surface area contributed by atoms with Gasteiger partial charge in [0, 0.05) is 0 Å². The van der Waals surface area contributed by atoms with Gasteiger partial charge in [0.25, 0.3) is 0 Å². The van der Waals surface area contributed by atoms with Crippen LogP contribution in [0.25, 0.3) is 0 Å². The van der Waals surface area contributed by atoms with Gasteiger partial charge in [-0.3, -0.25) is 0 Å². The van der Waals surface area contributed by atoms with Gasteiger partial charge in [0.2, 0.25) is 8.41 Å². The van der Waals surface area contributed by atoms with E-state index in [1.54, 1.807) is 0 Å². The largest absolute Gasteiger partial charge is 0.314 e. The number of hydrogen-bond acceptors (Lipinski definition) is 0. The molecule has 8 heavy (non-hydrogen) atoms. The van der Waals surface area contributed by atoms with Crippen LogP contribution in [0.2, 0.25) is 18.6 Å². The summed E-state index contributed by atoms with van der Waals surface area (Å²) < 4.78 is 13.0. The van der Waals surface area contributed by atoms with Crippen LogP contribution >= 0.6 is 0 Å². The highest BCUT2D eigenvalue weighted by molar-refractivity contribution is 6.72.